The lowest BCUT2D eigenvalue weighted by Crippen LogP contribution is -2.23. The first kappa shape index (κ1) is 42.6. The van der Waals surface area contributed by atoms with Crippen molar-refractivity contribution in [2.24, 2.45) is 0 Å². The summed E-state index contributed by atoms with van der Waals surface area (Å²) in [5, 5.41) is 6.89. The summed E-state index contributed by atoms with van der Waals surface area (Å²) in [7, 11) is 3.22. The molecular formula is C46H44Cl4N2O6. The zero-order valence-corrected chi connectivity index (χ0v) is 36.1. The van der Waals surface area contributed by atoms with Gasteiger partial charge in [0.25, 0.3) is 0 Å². The van der Waals surface area contributed by atoms with E-state index in [0.29, 0.717) is 60.4 Å². The molecule has 0 unspecified atom stereocenters. The van der Waals surface area contributed by atoms with Crippen molar-refractivity contribution in [3.8, 4) is 23.0 Å². The first-order valence-electron chi connectivity index (χ1n) is 18.9. The first-order valence-corrected chi connectivity index (χ1v) is 20.4. The van der Waals surface area contributed by atoms with Crippen LogP contribution in [0.25, 0.3) is 11.1 Å². The quantitative estimate of drug-likeness (QED) is 0.0576. The number of methoxy groups -OCH3 is 2. The molecule has 0 aromatic heterocycles. The molecule has 0 amide bonds. The van der Waals surface area contributed by atoms with Gasteiger partial charge in [-0.15, -0.1) is 0 Å². The summed E-state index contributed by atoms with van der Waals surface area (Å²) in [6, 6.07) is 26.9. The Kier molecular flexibility index (Phi) is 13.8. The lowest BCUT2D eigenvalue weighted by Gasteiger charge is -2.28. The minimum Gasteiger partial charge on any atom is -0.497 e. The number of cyclic esters (lactones) is 1. The van der Waals surface area contributed by atoms with Crippen molar-refractivity contribution in [1.82, 2.24) is 0 Å². The van der Waals surface area contributed by atoms with E-state index in [-0.39, 0.29) is 31.2 Å². The van der Waals surface area contributed by atoms with Gasteiger partial charge >= 0.3 is 5.97 Å². The molecule has 0 bridgehead atoms. The predicted octanol–water partition coefficient (Wildman–Crippen LogP) is 12.6. The number of hydrogen-bond donors (Lipinski definition) is 2. The number of halogens is 4. The van der Waals surface area contributed by atoms with Crippen molar-refractivity contribution in [2.45, 2.75) is 33.3 Å². The van der Waals surface area contributed by atoms with Crippen LogP contribution < -0.4 is 29.6 Å². The van der Waals surface area contributed by atoms with E-state index in [2.05, 4.69) is 10.6 Å². The maximum Gasteiger partial charge on any atom is 0.341 e. The molecule has 6 rings (SSSR count). The minimum absolute atomic E-state index is 0.00827. The van der Waals surface area contributed by atoms with Crippen molar-refractivity contribution >= 4 is 74.9 Å². The summed E-state index contributed by atoms with van der Waals surface area (Å²) in [6.45, 7) is 10.1. The van der Waals surface area contributed by atoms with Crippen LogP contribution in [0.1, 0.15) is 65.9 Å². The van der Waals surface area contributed by atoms with Gasteiger partial charge in [-0.3, -0.25) is 0 Å². The van der Waals surface area contributed by atoms with E-state index in [4.69, 9.17) is 70.1 Å². The van der Waals surface area contributed by atoms with Crippen LogP contribution in [0.4, 0.5) is 11.4 Å². The van der Waals surface area contributed by atoms with Crippen LogP contribution >= 0.6 is 46.4 Å². The highest BCUT2D eigenvalue weighted by Crippen LogP contribution is 2.54. The van der Waals surface area contributed by atoms with Crippen molar-refractivity contribution in [1.29, 1.82) is 0 Å². The molecule has 0 radical (unpaired) electrons. The van der Waals surface area contributed by atoms with Crippen LogP contribution in [-0.2, 0) is 10.3 Å². The van der Waals surface area contributed by atoms with Gasteiger partial charge in [-0.2, -0.15) is 0 Å². The van der Waals surface area contributed by atoms with Gasteiger partial charge in [-0.1, -0.05) is 70.7 Å². The molecule has 5 aromatic rings. The van der Waals surface area contributed by atoms with Crippen molar-refractivity contribution in [3.63, 3.8) is 0 Å². The first-order chi connectivity index (χ1) is 28.0. The molecule has 0 spiro atoms. The number of esters is 1. The second kappa shape index (κ2) is 18.7. The Morgan fingerprint density at radius 3 is 1.41 bits per heavy atom. The third kappa shape index (κ3) is 8.57. The Morgan fingerprint density at radius 2 is 1.02 bits per heavy atom. The standard InChI is InChI=1S/C46H44Cl4N2O6/c1-7-51-37-23-31(56-9-3)19-21-33(37)35(27-11-15-29(54-5)16-12-27)25-46(40-39(45(53)58-46)41(47)43(49)44(50)42(40)48)26-36(28-13-17-30(55-6)18-14-28)34-22-20-32(57-10-4)24-38(34)52-8-2/h11-26,51-52H,7-10H2,1-6H3. The van der Waals surface area contributed by atoms with Gasteiger partial charge in [0.2, 0.25) is 0 Å². The Hall–Kier alpha value is -4.99. The zero-order valence-electron chi connectivity index (χ0n) is 33.0. The van der Waals surface area contributed by atoms with Gasteiger partial charge in [0, 0.05) is 53.3 Å². The highest BCUT2D eigenvalue weighted by Gasteiger charge is 2.48. The molecule has 302 valence electrons. The number of nitrogens with one attached hydrogen (secondary N) is 2. The van der Waals surface area contributed by atoms with Gasteiger partial charge in [0.1, 0.15) is 23.0 Å². The van der Waals surface area contributed by atoms with Crippen LogP contribution in [0.5, 0.6) is 23.0 Å². The monoisotopic (exact) mass is 860 g/mol. The molecule has 1 heterocycles. The normalized spacial score (nSPS) is 15.1. The average molecular weight is 863 g/mol. The number of anilines is 2. The van der Waals surface area contributed by atoms with E-state index < -0.39 is 11.6 Å². The lowest BCUT2D eigenvalue weighted by molar-refractivity contribution is 0.0300. The second-order valence-corrected chi connectivity index (χ2v) is 14.6. The molecule has 58 heavy (non-hydrogen) atoms. The average Bonchev–Trinajstić information content (AvgIpc) is 3.52. The fourth-order valence-electron chi connectivity index (χ4n) is 7.00. The van der Waals surface area contributed by atoms with E-state index in [9.17, 15) is 4.79 Å². The molecule has 5 aromatic carbocycles. The minimum atomic E-state index is -1.74. The predicted molar refractivity (Wildman–Crippen MR) is 237 cm³/mol. The van der Waals surface area contributed by atoms with Crippen molar-refractivity contribution < 1.29 is 28.5 Å². The van der Waals surface area contributed by atoms with Gasteiger partial charge in [0.15, 0.2) is 5.60 Å². The fourth-order valence-corrected chi connectivity index (χ4v) is 8.07. The van der Waals surface area contributed by atoms with E-state index in [1.807, 2.05) is 125 Å². The van der Waals surface area contributed by atoms with Gasteiger partial charge in [-0.25, -0.2) is 4.79 Å². The summed E-state index contributed by atoms with van der Waals surface area (Å²) in [6.07, 6.45) is 3.76. The third-order valence-corrected chi connectivity index (χ3v) is 11.4. The number of benzene rings is 5. The van der Waals surface area contributed by atoms with Crippen LogP contribution in [0, 0.1) is 0 Å². The molecule has 12 heteroatoms. The summed E-state index contributed by atoms with van der Waals surface area (Å²) >= 11 is 27.6. The molecule has 8 nitrogen and oxygen atoms in total. The highest BCUT2D eigenvalue weighted by atomic mass is 35.5. The topological polar surface area (TPSA) is 87.3 Å². The van der Waals surface area contributed by atoms with Crippen LogP contribution in [0.3, 0.4) is 0 Å². The van der Waals surface area contributed by atoms with Crippen LogP contribution in [0.15, 0.2) is 97.1 Å². The van der Waals surface area contributed by atoms with Crippen molar-refractivity contribution in [3.05, 3.63) is 151 Å². The van der Waals surface area contributed by atoms with Crippen molar-refractivity contribution in [2.75, 3.05) is 51.2 Å². The fraction of sp³-hybridized carbons (Fsp3) is 0.239. The van der Waals surface area contributed by atoms with Gasteiger partial charge in [0.05, 0.1) is 53.1 Å². The highest BCUT2D eigenvalue weighted by molar-refractivity contribution is 6.53. The molecular weight excluding hydrogens is 818 g/mol. The van der Waals surface area contributed by atoms with Crippen LogP contribution in [-0.4, -0.2) is 46.5 Å². The number of carbonyl (C=O) groups is 1. The molecule has 0 atom stereocenters. The Balaban J connectivity index is 1.80. The SMILES string of the molecule is CCNc1cc(OCC)ccc1C(=CC1(C=C(c2ccc(OC)cc2)c2ccc(OCC)cc2NCC)OC(=O)c2c(Cl)c(Cl)c(Cl)c(Cl)c21)c1ccc(OC)cc1. The molecule has 0 aliphatic carbocycles. The van der Waals surface area contributed by atoms with E-state index in [1.54, 1.807) is 14.2 Å². The summed E-state index contributed by atoms with van der Waals surface area (Å²) in [5.74, 6) is 1.98. The maximum absolute atomic E-state index is 14.3. The molecule has 0 saturated heterocycles. The molecule has 1 aliphatic heterocycles. The second-order valence-electron chi connectivity index (χ2n) is 13.1. The zero-order chi connectivity index (χ0) is 41.6. The molecule has 0 saturated carbocycles. The Morgan fingerprint density at radius 1 is 0.603 bits per heavy atom. The number of ether oxygens (including phenoxy) is 5. The summed E-state index contributed by atoms with van der Waals surface area (Å²) in [4.78, 5) is 14.3. The number of hydrogen-bond acceptors (Lipinski definition) is 8. The summed E-state index contributed by atoms with van der Waals surface area (Å²) < 4.78 is 29.5. The van der Waals surface area contributed by atoms with Crippen LogP contribution in [0.2, 0.25) is 20.1 Å². The summed E-state index contributed by atoms with van der Waals surface area (Å²) in [5.41, 5.74) is 4.59. The van der Waals surface area contributed by atoms with E-state index in [1.165, 1.54) is 0 Å². The Labute approximate surface area is 359 Å². The largest absolute Gasteiger partial charge is 0.497 e. The lowest BCUT2D eigenvalue weighted by atomic mass is 9.82. The van der Waals surface area contributed by atoms with E-state index in [0.717, 1.165) is 33.6 Å². The Bertz CT molecular complexity index is 2240. The van der Waals surface area contributed by atoms with E-state index >= 15 is 0 Å². The molecule has 1 aliphatic rings. The number of fused-ring (bicyclic) bond motifs is 1. The smallest absolute Gasteiger partial charge is 0.341 e. The van der Waals surface area contributed by atoms with Gasteiger partial charge in [-0.05, 0) is 111 Å². The number of rotatable bonds is 16. The third-order valence-electron chi connectivity index (χ3n) is 9.56. The number of carbonyl (C=O) groups excluding carboxylic acids is 1. The molecule has 0 fully saturated rings. The van der Waals surface area contributed by atoms with Gasteiger partial charge < -0.3 is 34.3 Å². The maximum atomic E-state index is 14.3. The molecule has 2 N–H and O–H groups in total.